The standard InChI is InChI=1S/C19H29N3OS/c1-15-3-4-17(16(2)13-15)14-20-19(23)22-7-5-18(6-8-22)21-9-11-24-12-10-21/h3-4,13,18H,5-12,14H2,1-2H3,(H,20,23). The van der Waals surface area contributed by atoms with Crippen molar-refractivity contribution in [1.29, 1.82) is 0 Å². The van der Waals surface area contributed by atoms with Crippen LogP contribution in [-0.4, -0.2) is 59.6 Å². The lowest BCUT2D eigenvalue weighted by Gasteiger charge is -2.40. The van der Waals surface area contributed by atoms with Gasteiger partial charge in [-0.2, -0.15) is 11.8 Å². The molecule has 0 atom stereocenters. The summed E-state index contributed by atoms with van der Waals surface area (Å²) in [5.74, 6) is 2.52. The molecule has 0 unspecified atom stereocenters. The topological polar surface area (TPSA) is 35.6 Å². The molecule has 0 aromatic heterocycles. The third-order valence-electron chi connectivity index (χ3n) is 5.24. The Morgan fingerprint density at radius 2 is 1.88 bits per heavy atom. The summed E-state index contributed by atoms with van der Waals surface area (Å²) in [6.45, 7) is 9.02. The molecule has 2 aliphatic heterocycles. The van der Waals surface area contributed by atoms with Crippen molar-refractivity contribution >= 4 is 17.8 Å². The molecule has 0 bridgehead atoms. The number of urea groups is 1. The van der Waals surface area contributed by atoms with Crippen LogP contribution < -0.4 is 5.32 Å². The highest BCUT2D eigenvalue weighted by atomic mass is 32.2. The van der Waals surface area contributed by atoms with Gasteiger partial charge in [-0.3, -0.25) is 4.90 Å². The van der Waals surface area contributed by atoms with Gasteiger partial charge >= 0.3 is 6.03 Å². The number of benzene rings is 1. The zero-order valence-electron chi connectivity index (χ0n) is 14.9. The van der Waals surface area contributed by atoms with Gasteiger partial charge < -0.3 is 10.2 Å². The fourth-order valence-electron chi connectivity index (χ4n) is 3.70. The largest absolute Gasteiger partial charge is 0.334 e. The van der Waals surface area contributed by atoms with Gasteiger partial charge in [-0.25, -0.2) is 4.79 Å². The lowest BCUT2D eigenvalue weighted by Crippen LogP contribution is -2.51. The number of rotatable bonds is 3. The average Bonchev–Trinajstić information content (AvgIpc) is 2.62. The fraction of sp³-hybridized carbons (Fsp3) is 0.632. The summed E-state index contributed by atoms with van der Waals surface area (Å²) < 4.78 is 0. The average molecular weight is 348 g/mol. The Hall–Kier alpha value is -1.20. The van der Waals surface area contributed by atoms with Crippen molar-refractivity contribution in [2.24, 2.45) is 0 Å². The van der Waals surface area contributed by atoms with Gasteiger partial charge in [-0.1, -0.05) is 23.8 Å². The molecular weight excluding hydrogens is 318 g/mol. The van der Waals surface area contributed by atoms with Crippen LogP contribution in [0, 0.1) is 13.8 Å². The molecule has 2 fully saturated rings. The highest BCUT2D eigenvalue weighted by Gasteiger charge is 2.27. The van der Waals surface area contributed by atoms with E-state index in [-0.39, 0.29) is 6.03 Å². The van der Waals surface area contributed by atoms with E-state index in [1.54, 1.807) is 0 Å². The minimum Gasteiger partial charge on any atom is -0.334 e. The number of nitrogens with one attached hydrogen (secondary N) is 1. The zero-order valence-corrected chi connectivity index (χ0v) is 15.7. The first-order valence-electron chi connectivity index (χ1n) is 9.04. The van der Waals surface area contributed by atoms with Crippen LogP contribution in [0.3, 0.4) is 0 Å². The quantitative estimate of drug-likeness (QED) is 0.913. The SMILES string of the molecule is Cc1ccc(CNC(=O)N2CCC(N3CCSCC3)CC2)c(C)c1. The zero-order chi connectivity index (χ0) is 16.9. The lowest BCUT2D eigenvalue weighted by molar-refractivity contribution is 0.124. The Kier molecular flexibility index (Phi) is 6.06. The Morgan fingerprint density at radius 1 is 1.17 bits per heavy atom. The van der Waals surface area contributed by atoms with Gasteiger partial charge in [0.2, 0.25) is 0 Å². The predicted octanol–water partition coefficient (Wildman–Crippen LogP) is 3.03. The van der Waals surface area contributed by atoms with E-state index in [2.05, 4.69) is 54.0 Å². The first-order chi connectivity index (χ1) is 11.6. The van der Waals surface area contributed by atoms with Crippen molar-refractivity contribution in [3.05, 3.63) is 34.9 Å². The van der Waals surface area contributed by atoms with Crippen LogP contribution >= 0.6 is 11.8 Å². The normalized spacial score (nSPS) is 20.2. The predicted molar refractivity (Wildman–Crippen MR) is 102 cm³/mol. The van der Waals surface area contributed by atoms with E-state index < -0.39 is 0 Å². The fourth-order valence-corrected chi connectivity index (χ4v) is 4.63. The number of aryl methyl sites for hydroxylation is 2. The number of nitrogens with zero attached hydrogens (tertiary/aromatic N) is 2. The minimum absolute atomic E-state index is 0.0858. The maximum atomic E-state index is 12.4. The third kappa shape index (κ3) is 4.45. The van der Waals surface area contributed by atoms with Crippen LogP contribution in [0.2, 0.25) is 0 Å². The second-order valence-electron chi connectivity index (χ2n) is 6.96. The molecule has 2 aliphatic rings. The van der Waals surface area contributed by atoms with Gasteiger partial charge in [0.15, 0.2) is 0 Å². The molecule has 0 spiro atoms. The van der Waals surface area contributed by atoms with Crippen molar-refractivity contribution in [2.75, 3.05) is 37.7 Å². The Balaban J connectivity index is 1.45. The van der Waals surface area contributed by atoms with E-state index in [0.29, 0.717) is 12.6 Å². The minimum atomic E-state index is 0.0858. The Labute approximate surface area is 150 Å². The summed E-state index contributed by atoms with van der Waals surface area (Å²) in [7, 11) is 0. The monoisotopic (exact) mass is 347 g/mol. The van der Waals surface area contributed by atoms with Gasteiger partial charge in [-0.15, -0.1) is 0 Å². The van der Waals surface area contributed by atoms with E-state index >= 15 is 0 Å². The van der Waals surface area contributed by atoms with Crippen LogP contribution in [0.5, 0.6) is 0 Å². The molecule has 132 valence electrons. The highest BCUT2D eigenvalue weighted by Crippen LogP contribution is 2.20. The molecule has 0 aliphatic carbocycles. The molecule has 0 saturated carbocycles. The molecule has 1 aromatic carbocycles. The summed E-state index contributed by atoms with van der Waals surface area (Å²) in [6.07, 6.45) is 2.23. The number of amides is 2. The van der Waals surface area contributed by atoms with Crippen LogP contribution in [-0.2, 0) is 6.54 Å². The first kappa shape index (κ1) is 17.6. The van der Waals surface area contributed by atoms with Gasteiger partial charge in [0, 0.05) is 50.3 Å². The molecule has 4 nitrogen and oxygen atoms in total. The summed E-state index contributed by atoms with van der Waals surface area (Å²) in [6, 6.07) is 7.16. The molecule has 5 heteroatoms. The Bertz CT molecular complexity index is 564. The number of carbonyl (C=O) groups is 1. The summed E-state index contributed by atoms with van der Waals surface area (Å²) in [5, 5.41) is 3.09. The smallest absolute Gasteiger partial charge is 0.317 e. The van der Waals surface area contributed by atoms with E-state index in [9.17, 15) is 4.79 Å². The van der Waals surface area contributed by atoms with Gasteiger partial charge in [0.05, 0.1) is 0 Å². The van der Waals surface area contributed by atoms with Crippen molar-refractivity contribution < 1.29 is 4.79 Å². The van der Waals surface area contributed by atoms with Crippen LogP contribution in [0.4, 0.5) is 4.79 Å². The molecule has 3 rings (SSSR count). The van der Waals surface area contributed by atoms with Gasteiger partial charge in [-0.05, 0) is 37.8 Å². The number of hydrogen-bond acceptors (Lipinski definition) is 3. The maximum absolute atomic E-state index is 12.4. The van der Waals surface area contributed by atoms with Gasteiger partial charge in [0.25, 0.3) is 0 Å². The van der Waals surface area contributed by atoms with Crippen molar-refractivity contribution in [3.63, 3.8) is 0 Å². The lowest BCUT2D eigenvalue weighted by atomic mass is 10.0. The van der Waals surface area contributed by atoms with E-state index in [4.69, 9.17) is 0 Å². The summed E-state index contributed by atoms with van der Waals surface area (Å²) in [5.41, 5.74) is 3.72. The van der Waals surface area contributed by atoms with Gasteiger partial charge in [0.1, 0.15) is 0 Å². The highest BCUT2D eigenvalue weighted by molar-refractivity contribution is 7.99. The van der Waals surface area contributed by atoms with Crippen LogP contribution in [0.25, 0.3) is 0 Å². The number of hydrogen-bond donors (Lipinski definition) is 1. The first-order valence-corrected chi connectivity index (χ1v) is 10.2. The maximum Gasteiger partial charge on any atom is 0.317 e. The number of likely N-dealkylation sites (tertiary alicyclic amines) is 1. The van der Waals surface area contributed by atoms with E-state index in [1.165, 1.54) is 41.3 Å². The van der Waals surface area contributed by atoms with Crippen molar-refractivity contribution in [3.8, 4) is 0 Å². The summed E-state index contributed by atoms with van der Waals surface area (Å²) in [4.78, 5) is 17.0. The van der Waals surface area contributed by atoms with Crippen molar-refractivity contribution in [2.45, 2.75) is 39.3 Å². The molecular formula is C19H29N3OS. The van der Waals surface area contributed by atoms with E-state index in [0.717, 1.165) is 25.9 Å². The number of piperidine rings is 1. The molecule has 2 heterocycles. The number of thioether (sulfide) groups is 1. The summed E-state index contributed by atoms with van der Waals surface area (Å²) >= 11 is 2.06. The molecule has 2 saturated heterocycles. The van der Waals surface area contributed by atoms with Crippen LogP contribution in [0.15, 0.2) is 18.2 Å². The molecule has 2 amide bonds. The second-order valence-corrected chi connectivity index (χ2v) is 8.18. The molecule has 1 N–H and O–H groups in total. The molecule has 24 heavy (non-hydrogen) atoms. The third-order valence-corrected chi connectivity index (χ3v) is 6.18. The van der Waals surface area contributed by atoms with E-state index in [1.807, 2.05) is 4.90 Å². The molecule has 0 radical (unpaired) electrons. The number of carbonyl (C=O) groups excluding carboxylic acids is 1. The molecule has 1 aromatic rings. The van der Waals surface area contributed by atoms with Crippen molar-refractivity contribution in [1.82, 2.24) is 15.1 Å². The second kappa shape index (κ2) is 8.26. The Morgan fingerprint density at radius 3 is 2.54 bits per heavy atom. The van der Waals surface area contributed by atoms with Crippen LogP contribution in [0.1, 0.15) is 29.5 Å².